The second-order valence-corrected chi connectivity index (χ2v) is 6.51. The van der Waals surface area contributed by atoms with Gasteiger partial charge in [-0.3, -0.25) is 4.90 Å². The highest BCUT2D eigenvalue weighted by Gasteiger charge is 2.34. The van der Waals surface area contributed by atoms with E-state index in [1.807, 2.05) is 0 Å². The summed E-state index contributed by atoms with van der Waals surface area (Å²) in [5.74, 6) is 0.561. The number of hydrogen-bond acceptors (Lipinski definition) is 2. The third-order valence-electron chi connectivity index (χ3n) is 5.31. The Morgan fingerprint density at radius 2 is 1.90 bits per heavy atom. The summed E-state index contributed by atoms with van der Waals surface area (Å²) in [7, 11) is 0. The van der Waals surface area contributed by atoms with Crippen LogP contribution in [0.15, 0.2) is 18.2 Å². The lowest BCUT2D eigenvalue weighted by molar-refractivity contribution is 0.0575. The molecule has 116 valence electrons. The van der Waals surface area contributed by atoms with Crippen LogP contribution in [0.25, 0.3) is 0 Å². The van der Waals surface area contributed by atoms with E-state index in [0.717, 1.165) is 31.0 Å². The van der Waals surface area contributed by atoms with Crippen molar-refractivity contribution in [3.05, 3.63) is 35.4 Å². The average Bonchev–Trinajstić information content (AvgIpc) is 2.50. The topological polar surface area (TPSA) is 29.3 Å². The van der Waals surface area contributed by atoms with E-state index >= 15 is 0 Å². The molecule has 1 aliphatic carbocycles. The largest absolute Gasteiger partial charge is 0.329 e. The Balaban J connectivity index is 1.77. The van der Waals surface area contributed by atoms with Crippen LogP contribution >= 0.6 is 0 Å². The van der Waals surface area contributed by atoms with Crippen LogP contribution < -0.4 is 5.73 Å². The van der Waals surface area contributed by atoms with Crippen molar-refractivity contribution in [1.29, 1.82) is 0 Å². The number of likely N-dealkylation sites (tertiary alicyclic amines) is 1. The SMILES string of the molecule is NCC(c1ccc(F)cc1F)N1CCC2CCCCC2C1. The van der Waals surface area contributed by atoms with Gasteiger partial charge in [0, 0.05) is 30.8 Å². The van der Waals surface area contributed by atoms with Gasteiger partial charge >= 0.3 is 0 Å². The third kappa shape index (κ3) is 3.11. The Hall–Kier alpha value is -1.00. The molecule has 2 N–H and O–H groups in total. The zero-order valence-corrected chi connectivity index (χ0v) is 12.4. The van der Waals surface area contributed by atoms with Gasteiger partial charge in [0.1, 0.15) is 11.6 Å². The summed E-state index contributed by atoms with van der Waals surface area (Å²) >= 11 is 0. The number of benzene rings is 1. The second kappa shape index (κ2) is 6.41. The molecule has 3 rings (SSSR count). The zero-order valence-electron chi connectivity index (χ0n) is 12.4. The Morgan fingerprint density at radius 3 is 2.62 bits per heavy atom. The van der Waals surface area contributed by atoms with Crippen LogP contribution in [0, 0.1) is 23.5 Å². The molecular weight excluding hydrogens is 270 g/mol. The van der Waals surface area contributed by atoms with Crippen molar-refractivity contribution < 1.29 is 8.78 Å². The number of piperidine rings is 1. The van der Waals surface area contributed by atoms with Gasteiger partial charge in [0.2, 0.25) is 0 Å². The van der Waals surface area contributed by atoms with Gasteiger partial charge in [-0.1, -0.05) is 25.3 Å². The molecule has 1 heterocycles. The number of nitrogens with zero attached hydrogens (tertiary/aromatic N) is 1. The standard InChI is InChI=1S/C17H24F2N2/c18-14-5-6-15(16(19)9-14)17(10-20)21-8-7-12-3-1-2-4-13(12)11-21/h5-6,9,12-13,17H,1-4,7-8,10-11,20H2. The first-order valence-corrected chi connectivity index (χ1v) is 8.08. The molecule has 0 bridgehead atoms. The molecule has 4 heteroatoms. The third-order valence-corrected chi connectivity index (χ3v) is 5.31. The Labute approximate surface area is 125 Å². The van der Waals surface area contributed by atoms with Crippen molar-refractivity contribution >= 4 is 0 Å². The lowest BCUT2D eigenvalue weighted by Gasteiger charge is -2.44. The van der Waals surface area contributed by atoms with Crippen molar-refractivity contribution in [3.8, 4) is 0 Å². The van der Waals surface area contributed by atoms with E-state index in [9.17, 15) is 8.78 Å². The van der Waals surface area contributed by atoms with E-state index in [4.69, 9.17) is 5.73 Å². The maximum Gasteiger partial charge on any atom is 0.130 e. The molecule has 0 spiro atoms. The summed E-state index contributed by atoms with van der Waals surface area (Å²) in [4.78, 5) is 2.31. The predicted octanol–water partition coefficient (Wildman–Crippen LogP) is 3.48. The van der Waals surface area contributed by atoms with E-state index in [1.54, 1.807) is 6.07 Å². The molecule has 1 aliphatic heterocycles. The van der Waals surface area contributed by atoms with Crippen molar-refractivity contribution in [2.24, 2.45) is 17.6 Å². The number of rotatable bonds is 3. The average molecular weight is 294 g/mol. The van der Waals surface area contributed by atoms with Gasteiger partial charge in [0.15, 0.2) is 0 Å². The quantitative estimate of drug-likeness (QED) is 0.925. The molecule has 3 atom stereocenters. The normalized spacial score (nSPS) is 28.1. The molecule has 2 fully saturated rings. The maximum atomic E-state index is 14.1. The van der Waals surface area contributed by atoms with E-state index in [1.165, 1.54) is 38.2 Å². The number of fused-ring (bicyclic) bond motifs is 1. The number of halogens is 2. The maximum absolute atomic E-state index is 14.1. The minimum Gasteiger partial charge on any atom is -0.329 e. The molecule has 1 saturated heterocycles. The van der Waals surface area contributed by atoms with Crippen LogP contribution in [0.1, 0.15) is 43.7 Å². The zero-order chi connectivity index (χ0) is 14.8. The van der Waals surface area contributed by atoms with Crippen molar-refractivity contribution in [2.45, 2.75) is 38.1 Å². The smallest absolute Gasteiger partial charge is 0.130 e. The lowest BCUT2D eigenvalue weighted by Crippen LogP contribution is -2.45. The van der Waals surface area contributed by atoms with Gasteiger partial charge in [-0.05, 0) is 37.3 Å². The molecule has 0 aromatic heterocycles. The van der Waals surface area contributed by atoms with Gasteiger partial charge in [0.05, 0.1) is 0 Å². The fourth-order valence-electron chi connectivity index (χ4n) is 4.16. The highest BCUT2D eigenvalue weighted by Crippen LogP contribution is 2.38. The highest BCUT2D eigenvalue weighted by molar-refractivity contribution is 5.23. The van der Waals surface area contributed by atoms with Crippen molar-refractivity contribution in [2.75, 3.05) is 19.6 Å². The molecule has 1 aromatic rings. The van der Waals surface area contributed by atoms with Gasteiger partial charge in [-0.2, -0.15) is 0 Å². The molecule has 21 heavy (non-hydrogen) atoms. The number of hydrogen-bond donors (Lipinski definition) is 1. The summed E-state index contributed by atoms with van der Waals surface area (Å²) in [5.41, 5.74) is 6.44. The van der Waals surface area contributed by atoms with Gasteiger partial charge in [0.25, 0.3) is 0 Å². The second-order valence-electron chi connectivity index (χ2n) is 6.51. The van der Waals surface area contributed by atoms with Crippen LogP contribution in [0.5, 0.6) is 0 Å². The first-order chi connectivity index (χ1) is 10.2. The molecule has 3 unspecified atom stereocenters. The summed E-state index contributed by atoms with van der Waals surface area (Å²) < 4.78 is 27.1. The van der Waals surface area contributed by atoms with Crippen molar-refractivity contribution in [1.82, 2.24) is 4.90 Å². The molecule has 0 amide bonds. The Morgan fingerprint density at radius 1 is 1.14 bits per heavy atom. The predicted molar refractivity (Wildman–Crippen MR) is 79.8 cm³/mol. The molecule has 2 aliphatic rings. The van der Waals surface area contributed by atoms with Gasteiger partial charge in [-0.25, -0.2) is 8.78 Å². The Kier molecular flexibility index (Phi) is 4.55. The first kappa shape index (κ1) is 14.9. The molecule has 2 nitrogen and oxygen atoms in total. The van der Waals surface area contributed by atoms with Gasteiger partial charge in [-0.15, -0.1) is 0 Å². The molecule has 1 aromatic carbocycles. The lowest BCUT2D eigenvalue weighted by atomic mass is 9.74. The Bertz CT molecular complexity index is 492. The van der Waals surface area contributed by atoms with E-state index in [2.05, 4.69) is 4.90 Å². The molecular formula is C17H24F2N2. The van der Waals surface area contributed by atoms with E-state index < -0.39 is 11.6 Å². The molecule has 1 saturated carbocycles. The summed E-state index contributed by atoms with van der Waals surface area (Å²) in [5, 5.41) is 0. The first-order valence-electron chi connectivity index (χ1n) is 8.08. The summed E-state index contributed by atoms with van der Waals surface area (Å²) in [6.07, 6.45) is 6.48. The van der Waals surface area contributed by atoms with E-state index in [0.29, 0.717) is 12.1 Å². The number of nitrogens with two attached hydrogens (primary N) is 1. The fourth-order valence-corrected chi connectivity index (χ4v) is 4.16. The van der Waals surface area contributed by atoms with Crippen LogP contribution in [-0.4, -0.2) is 24.5 Å². The van der Waals surface area contributed by atoms with Crippen LogP contribution in [0.3, 0.4) is 0 Å². The van der Waals surface area contributed by atoms with Crippen molar-refractivity contribution in [3.63, 3.8) is 0 Å². The highest BCUT2D eigenvalue weighted by atomic mass is 19.1. The van der Waals surface area contributed by atoms with Crippen LogP contribution in [0.2, 0.25) is 0 Å². The monoisotopic (exact) mass is 294 g/mol. The van der Waals surface area contributed by atoms with E-state index in [-0.39, 0.29) is 6.04 Å². The summed E-state index contributed by atoms with van der Waals surface area (Å²) in [6.45, 7) is 2.35. The fraction of sp³-hybridized carbons (Fsp3) is 0.647. The van der Waals surface area contributed by atoms with Crippen LogP contribution in [-0.2, 0) is 0 Å². The minimum atomic E-state index is -0.530. The van der Waals surface area contributed by atoms with Gasteiger partial charge < -0.3 is 5.73 Å². The van der Waals surface area contributed by atoms with Crippen LogP contribution in [0.4, 0.5) is 8.78 Å². The molecule has 0 radical (unpaired) electrons. The summed E-state index contributed by atoms with van der Waals surface area (Å²) in [6, 6.07) is 3.71. The minimum absolute atomic E-state index is 0.131.